The fourth-order valence-corrected chi connectivity index (χ4v) is 2.69. The van der Waals surface area contributed by atoms with Gasteiger partial charge in [-0.3, -0.25) is 9.59 Å². The van der Waals surface area contributed by atoms with Crippen molar-refractivity contribution in [2.45, 2.75) is 13.8 Å². The number of hydrogen-bond donors (Lipinski definition) is 2. The Balaban J connectivity index is 1.56. The number of hydrazone groups is 2. The molecule has 0 spiro atoms. The van der Waals surface area contributed by atoms with Gasteiger partial charge in [0.25, 0.3) is 11.8 Å². The molecule has 30 heavy (non-hydrogen) atoms. The van der Waals surface area contributed by atoms with Crippen molar-refractivity contribution < 1.29 is 9.59 Å². The highest BCUT2D eigenvalue weighted by Crippen LogP contribution is 2.06. The van der Waals surface area contributed by atoms with E-state index < -0.39 is 0 Å². The van der Waals surface area contributed by atoms with Crippen molar-refractivity contribution >= 4 is 24.2 Å². The average molecular weight is 398 g/mol. The van der Waals surface area contributed by atoms with Gasteiger partial charge < -0.3 is 0 Å². The Morgan fingerprint density at radius 1 is 0.633 bits per heavy atom. The van der Waals surface area contributed by atoms with Crippen LogP contribution in [0.5, 0.6) is 0 Å². The van der Waals surface area contributed by atoms with E-state index in [0.29, 0.717) is 11.1 Å². The lowest BCUT2D eigenvalue weighted by Gasteiger charge is -2.03. The predicted molar refractivity (Wildman–Crippen MR) is 119 cm³/mol. The maximum absolute atomic E-state index is 12.2. The van der Waals surface area contributed by atoms with E-state index in [9.17, 15) is 9.59 Å². The molecule has 0 aliphatic rings. The molecular weight excluding hydrogens is 376 g/mol. The zero-order valence-corrected chi connectivity index (χ0v) is 16.8. The molecule has 150 valence electrons. The summed E-state index contributed by atoms with van der Waals surface area (Å²) in [6.45, 7) is 3.94. The zero-order valence-electron chi connectivity index (χ0n) is 16.8. The Hall–Kier alpha value is -4.06. The molecule has 0 heterocycles. The molecule has 6 nitrogen and oxygen atoms in total. The minimum absolute atomic E-state index is 0.357. The van der Waals surface area contributed by atoms with E-state index >= 15 is 0 Å². The topological polar surface area (TPSA) is 82.9 Å². The first-order chi connectivity index (χ1) is 14.5. The third-order valence-electron chi connectivity index (χ3n) is 4.53. The van der Waals surface area contributed by atoms with Crippen molar-refractivity contribution in [2.75, 3.05) is 0 Å². The van der Waals surface area contributed by atoms with Crippen LogP contribution in [-0.2, 0) is 0 Å². The molecule has 0 fully saturated rings. The van der Waals surface area contributed by atoms with Crippen LogP contribution in [0.25, 0.3) is 0 Å². The molecule has 0 unspecified atom stereocenters. The second-order valence-corrected chi connectivity index (χ2v) is 6.69. The van der Waals surface area contributed by atoms with Crippen LogP contribution in [-0.4, -0.2) is 24.2 Å². The van der Waals surface area contributed by atoms with Gasteiger partial charge in [0, 0.05) is 11.1 Å². The molecule has 2 amide bonds. The van der Waals surface area contributed by atoms with Crippen molar-refractivity contribution in [1.82, 2.24) is 10.9 Å². The second-order valence-electron chi connectivity index (χ2n) is 6.69. The zero-order chi connectivity index (χ0) is 21.3. The van der Waals surface area contributed by atoms with Crippen molar-refractivity contribution in [3.8, 4) is 0 Å². The molecule has 0 saturated carbocycles. The van der Waals surface area contributed by atoms with Crippen LogP contribution in [0.2, 0.25) is 0 Å². The van der Waals surface area contributed by atoms with Crippen molar-refractivity contribution in [1.29, 1.82) is 0 Å². The van der Waals surface area contributed by atoms with Crippen molar-refractivity contribution in [2.24, 2.45) is 10.2 Å². The van der Waals surface area contributed by atoms with E-state index in [4.69, 9.17) is 0 Å². The molecule has 0 radical (unpaired) electrons. The lowest BCUT2D eigenvalue weighted by atomic mass is 10.1. The summed E-state index contributed by atoms with van der Waals surface area (Å²) in [4.78, 5) is 24.4. The average Bonchev–Trinajstić information content (AvgIpc) is 2.76. The number of nitrogens with zero attached hydrogens (tertiary/aromatic N) is 2. The highest BCUT2D eigenvalue weighted by molar-refractivity contribution is 5.98. The molecule has 0 atom stereocenters. The first kappa shape index (κ1) is 20.7. The number of rotatable bonds is 6. The summed E-state index contributed by atoms with van der Waals surface area (Å²) in [5, 5.41) is 7.98. The molecule has 0 bridgehead atoms. The summed E-state index contributed by atoms with van der Waals surface area (Å²) in [6.07, 6.45) is 3.20. The van der Waals surface area contributed by atoms with E-state index in [0.717, 1.165) is 22.3 Å². The van der Waals surface area contributed by atoms with E-state index in [1.165, 1.54) is 0 Å². The SMILES string of the molecule is Cc1ccccc1/C=N/NC(=O)c1ccc(C(=O)N/N=C/c2ccccc2C)cc1. The molecule has 0 aliphatic carbocycles. The standard InChI is InChI=1S/C24H22N4O2/c1-17-7-3-5-9-21(17)15-25-27-23(29)19-11-13-20(14-12-19)24(30)28-26-16-22-10-6-4-8-18(22)2/h3-16H,1-2H3,(H,27,29)(H,28,30)/b25-15+,26-16+. The number of carbonyl (C=O) groups excluding carboxylic acids is 2. The van der Waals surface area contributed by atoms with Crippen LogP contribution < -0.4 is 10.9 Å². The first-order valence-corrected chi connectivity index (χ1v) is 9.43. The fourth-order valence-electron chi connectivity index (χ4n) is 2.69. The first-order valence-electron chi connectivity index (χ1n) is 9.43. The summed E-state index contributed by atoms with van der Waals surface area (Å²) in [7, 11) is 0. The Kier molecular flexibility index (Phi) is 6.84. The van der Waals surface area contributed by atoms with Gasteiger partial charge >= 0.3 is 0 Å². The van der Waals surface area contributed by atoms with Gasteiger partial charge in [-0.25, -0.2) is 10.9 Å². The Morgan fingerprint density at radius 2 is 1.00 bits per heavy atom. The fraction of sp³-hybridized carbons (Fsp3) is 0.0833. The van der Waals surface area contributed by atoms with Gasteiger partial charge in [0.05, 0.1) is 12.4 Å². The van der Waals surface area contributed by atoms with Crippen LogP contribution in [0.1, 0.15) is 43.0 Å². The monoisotopic (exact) mass is 398 g/mol. The quantitative estimate of drug-likeness (QED) is 0.489. The second kappa shape index (κ2) is 9.93. The van der Waals surface area contributed by atoms with Gasteiger partial charge in [-0.2, -0.15) is 10.2 Å². The maximum Gasteiger partial charge on any atom is 0.271 e. The molecule has 2 N–H and O–H groups in total. The lowest BCUT2D eigenvalue weighted by molar-refractivity contribution is 0.0943. The molecule has 3 rings (SSSR count). The number of benzene rings is 3. The van der Waals surface area contributed by atoms with Crippen LogP contribution in [0.3, 0.4) is 0 Å². The Bertz CT molecular complexity index is 1010. The van der Waals surface area contributed by atoms with Gasteiger partial charge in [-0.1, -0.05) is 48.5 Å². The smallest absolute Gasteiger partial charge is 0.267 e. The normalized spacial score (nSPS) is 11.0. The van der Waals surface area contributed by atoms with Crippen LogP contribution in [0, 0.1) is 13.8 Å². The summed E-state index contributed by atoms with van der Waals surface area (Å²) in [6, 6.07) is 21.7. The number of aryl methyl sites for hydroxylation is 2. The highest BCUT2D eigenvalue weighted by atomic mass is 16.2. The van der Waals surface area contributed by atoms with E-state index in [-0.39, 0.29) is 11.8 Å². The minimum atomic E-state index is -0.357. The minimum Gasteiger partial charge on any atom is -0.267 e. The Morgan fingerprint density at radius 3 is 1.37 bits per heavy atom. The molecule has 3 aromatic rings. The summed E-state index contributed by atoms with van der Waals surface area (Å²) < 4.78 is 0. The largest absolute Gasteiger partial charge is 0.271 e. The number of carbonyl (C=O) groups is 2. The summed E-state index contributed by atoms with van der Waals surface area (Å²) in [5.41, 5.74) is 9.76. The molecule has 6 heteroatoms. The molecule has 3 aromatic carbocycles. The van der Waals surface area contributed by atoms with Gasteiger partial charge in [0.2, 0.25) is 0 Å². The lowest BCUT2D eigenvalue weighted by Crippen LogP contribution is -2.19. The third kappa shape index (κ3) is 5.48. The van der Waals surface area contributed by atoms with Gasteiger partial charge in [0.15, 0.2) is 0 Å². The van der Waals surface area contributed by atoms with Gasteiger partial charge in [-0.15, -0.1) is 0 Å². The third-order valence-corrected chi connectivity index (χ3v) is 4.53. The number of hydrogen-bond acceptors (Lipinski definition) is 4. The van der Waals surface area contributed by atoms with E-state index in [1.54, 1.807) is 36.7 Å². The van der Waals surface area contributed by atoms with Gasteiger partial charge in [0.1, 0.15) is 0 Å². The van der Waals surface area contributed by atoms with Crippen LogP contribution in [0.4, 0.5) is 0 Å². The molecule has 0 saturated heterocycles. The van der Waals surface area contributed by atoms with E-state index in [2.05, 4.69) is 21.1 Å². The van der Waals surface area contributed by atoms with Crippen molar-refractivity contribution in [3.05, 3.63) is 106 Å². The van der Waals surface area contributed by atoms with Crippen LogP contribution >= 0.6 is 0 Å². The van der Waals surface area contributed by atoms with Crippen LogP contribution in [0.15, 0.2) is 83.0 Å². The maximum atomic E-state index is 12.2. The highest BCUT2D eigenvalue weighted by Gasteiger charge is 2.08. The summed E-state index contributed by atoms with van der Waals surface area (Å²) >= 11 is 0. The molecular formula is C24H22N4O2. The Labute approximate surface area is 175 Å². The van der Waals surface area contributed by atoms with E-state index in [1.807, 2.05) is 62.4 Å². The predicted octanol–water partition coefficient (Wildman–Crippen LogP) is 3.83. The summed E-state index contributed by atoms with van der Waals surface area (Å²) in [5.74, 6) is -0.714. The van der Waals surface area contributed by atoms with Crippen molar-refractivity contribution in [3.63, 3.8) is 0 Å². The molecule has 0 aromatic heterocycles. The van der Waals surface area contributed by atoms with Gasteiger partial charge in [-0.05, 0) is 60.4 Å². The number of amides is 2. The number of nitrogens with one attached hydrogen (secondary N) is 2. The molecule has 0 aliphatic heterocycles.